The van der Waals surface area contributed by atoms with E-state index in [1.165, 1.54) is 0 Å². The molecule has 0 saturated heterocycles. The van der Waals surface area contributed by atoms with E-state index in [1.54, 1.807) is 0 Å². The molecule has 0 unspecified atom stereocenters. The van der Waals surface area contributed by atoms with Crippen molar-refractivity contribution in [2.75, 3.05) is 76.0 Å². The first-order valence-electron chi connectivity index (χ1n) is 25.9. The number of anilines is 4. The molecule has 3 aromatic heterocycles. The second-order valence-corrected chi connectivity index (χ2v) is 20.2. The molecule has 2 aliphatic rings. The first kappa shape index (κ1) is 51.9. The summed E-state index contributed by atoms with van der Waals surface area (Å²) < 4.78 is 27.3. The molecule has 5 heterocycles. The summed E-state index contributed by atoms with van der Waals surface area (Å²) in [4.78, 5) is 49.9. The predicted molar refractivity (Wildman–Crippen MR) is 317 cm³/mol. The maximum absolute atomic E-state index is 6.85. The zero-order valence-corrected chi connectivity index (χ0v) is 48.8. The van der Waals surface area contributed by atoms with Gasteiger partial charge in [0.2, 0.25) is 0 Å². The molecule has 394 valence electrons. The van der Waals surface area contributed by atoms with Gasteiger partial charge in [-0.25, -0.2) is 9.97 Å². The molecule has 0 radical (unpaired) electrons. The summed E-state index contributed by atoms with van der Waals surface area (Å²) in [5.41, 5.74) is 8.19. The Balaban J connectivity index is 0.00000651. The Bertz CT molecular complexity index is 4440. The average molecular weight is 1120 g/mol. The minimum atomic E-state index is 0. The van der Waals surface area contributed by atoms with Crippen molar-refractivity contribution in [1.82, 2.24) is 39.9 Å². The Hall–Kier alpha value is -9.86. The van der Waals surface area contributed by atoms with E-state index in [9.17, 15) is 0 Å². The number of fused-ring (bicyclic) bond motifs is 20. The molecule has 81 heavy (non-hydrogen) atoms. The second kappa shape index (κ2) is 21.1. The zero-order valence-electron chi connectivity index (χ0n) is 45.9. The van der Waals surface area contributed by atoms with Gasteiger partial charge in [-0.05, 0) is 94.3 Å². The van der Waals surface area contributed by atoms with Gasteiger partial charge in [0.05, 0.1) is 23.3 Å². The van der Waals surface area contributed by atoms with Crippen molar-refractivity contribution >= 4 is 66.9 Å². The van der Waals surface area contributed by atoms with Gasteiger partial charge in [0, 0.05) is 148 Å². The van der Waals surface area contributed by atoms with Crippen molar-refractivity contribution < 1.29 is 38.4 Å². The molecule has 0 amide bonds. The van der Waals surface area contributed by atoms with Gasteiger partial charge in [-0.1, -0.05) is 72.8 Å². The summed E-state index contributed by atoms with van der Waals surface area (Å²) in [6.07, 6.45) is 0. The molecule has 0 N–H and O–H groups in total. The molecule has 11 aromatic rings. The zero-order chi connectivity index (χ0) is 54.8. The summed E-state index contributed by atoms with van der Waals surface area (Å²) in [5, 5.41) is 2.82. The Morgan fingerprint density at radius 3 is 0.889 bits per heavy atom. The molecule has 0 fully saturated rings. The van der Waals surface area contributed by atoms with Crippen LogP contribution in [0.4, 0.5) is 22.7 Å². The molecular formula is C64H52N12O4Zn. The van der Waals surface area contributed by atoms with Crippen molar-refractivity contribution in [3.63, 3.8) is 0 Å². The van der Waals surface area contributed by atoms with Crippen LogP contribution in [0.5, 0.6) is 46.0 Å². The van der Waals surface area contributed by atoms with E-state index in [4.69, 9.17) is 58.8 Å². The normalized spacial score (nSPS) is 11.4. The molecule has 0 atom stereocenters. The number of benzene rings is 8. The second-order valence-electron chi connectivity index (χ2n) is 20.2. The standard InChI is InChI=1S/C64H52N12O4.Zn/c1-73(2)37-17-13-21-41(29-37)77-53-33-49-51(35-55(53)79-43-23-15-19-39(31-43)75(5)6)63-70-61(49)68-59-47-27-11-9-25-45(47)57(66-59)65-58-46-26-10-12-28-48(46)60(67-58)69-62-50-34-54(78-42-22-14-18-38(30-42)74(3)4)56(36-52(50)64(71-62)72-63)80-44-24-16-20-40(32-44)76(7)8;/h9-36H,1-8H3;/q-2;+2. The van der Waals surface area contributed by atoms with Crippen LogP contribution < -0.4 is 48.5 Å². The number of rotatable bonds is 12. The molecule has 17 heteroatoms. The third-order valence-electron chi connectivity index (χ3n) is 13.9. The van der Waals surface area contributed by atoms with Crippen LogP contribution in [0.15, 0.2) is 170 Å². The first-order valence-corrected chi connectivity index (χ1v) is 25.9. The number of ether oxygens (including phenoxy) is 4. The van der Waals surface area contributed by atoms with Crippen molar-refractivity contribution in [3.8, 4) is 91.5 Å². The number of nitrogens with zero attached hydrogens (tertiary/aromatic N) is 12. The van der Waals surface area contributed by atoms with Crippen molar-refractivity contribution in [1.29, 1.82) is 0 Å². The van der Waals surface area contributed by atoms with E-state index in [0.29, 0.717) is 114 Å². The van der Waals surface area contributed by atoms with Gasteiger partial charge < -0.3 is 68.5 Å². The van der Waals surface area contributed by atoms with Crippen LogP contribution in [0.1, 0.15) is 0 Å². The molecule has 0 aliphatic carbocycles. The summed E-state index contributed by atoms with van der Waals surface area (Å²) >= 11 is 0. The van der Waals surface area contributed by atoms with E-state index in [1.807, 2.05) is 246 Å². The molecule has 8 bridgehead atoms. The van der Waals surface area contributed by atoms with Crippen LogP contribution in [-0.2, 0) is 19.5 Å². The van der Waals surface area contributed by atoms with Crippen LogP contribution in [0.3, 0.4) is 0 Å². The van der Waals surface area contributed by atoms with Gasteiger partial charge in [-0.3, -0.25) is 0 Å². The van der Waals surface area contributed by atoms with Crippen LogP contribution >= 0.6 is 0 Å². The molecule has 0 saturated carbocycles. The van der Waals surface area contributed by atoms with Gasteiger partial charge in [0.1, 0.15) is 23.0 Å². The molecule has 0 spiro atoms. The maximum atomic E-state index is 6.85. The maximum Gasteiger partial charge on any atom is 2.00 e. The Labute approximate surface area is 480 Å². The monoisotopic (exact) mass is 1120 g/mol. The van der Waals surface area contributed by atoms with E-state index in [0.717, 1.165) is 44.6 Å². The Morgan fingerprint density at radius 1 is 0.284 bits per heavy atom. The van der Waals surface area contributed by atoms with Crippen molar-refractivity contribution in [3.05, 3.63) is 170 Å². The quantitative estimate of drug-likeness (QED) is 0.106. The summed E-state index contributed by atoms with van der Waals surface area (Å²) in [6.45, 7) is 0. The van der Waals surface area contributed by atoms with Gasteiger partial charge in [0.15, 0.2) is 23.0 Å². The van der Waals surface area contributed by atoms with Crippen molar-refractivity contribution in [2.45, 2.75) is 0 Å². The van der Waals surface area contributed by atoms with Gasteiger partial charge in [-0.15, -0.1) is 0 Å². The summed E-state index contributed by atoms with van der Waals surface area (Å²) in [5.74, 6) is 5.61. The molecule has 2 aliphatic heterocycles. The van der Waals surface area contributed by atoms with Gasteiger partial charge in [-0.2, -0.15) is 0 Å². The number of hydrogen-bond donors (Lipinski definition) is 0. The van der Waals surface area contributed by atoms with Gasteiger partial charge in [0.25, 0.3) is 0 Å². The van der Waals surface area contributed by atoms with Crippen LogP contribution in [-0.4, -0.2) is 86.3 Å². The first-order chi connectivity index (χ1) is 38.8. The number of hydrogen-bond acceptors (Lipinski definition) is 14. The van der Waals surface area contributed by atoms with E-state index >= 15 is 0 Å². The van der Waals surface area contributed by atoms with E-state index in [-0.39, 0.29) is 19.5 Å². The Morgan fingerprint density at radius 2 is 0.568 bits per heavy atom. The molecule has 8 aromatic carbocycles. The Kier molecular flexibility index (Phi) is 13.5. The van der Waals surface area contributed by atoms with E-state index in [2.05, 4.69) is 0 Å². The third kappa shape index (κ3) is 10.0. The SMILES string of the molecule is CN(C)c1cccc(Oc2cc3c(cc2Oc2cccc(N(C)C)c2)-c2nc-3nc3[n-]c(nc4nc(nc5[n-]c(n2)c2cc(Oc6cccc(N(C)C)c6)c(Oc6cccc(N(C)C)c6)cc52)-c2ccccc2-4)c2ccccc32)c1.[Zn+2]. The van der Waals surface area contributed by atoms with Crippen LogP contribution in [0.2, 0.25) is 0 Å². The fourth-order valence-electron chi connectivity index (χ4n) is 9.70. The third-order valence-corrected chi connectivity index (χ3v) is 13.9. The largest absolute Gasteiger partial charge is 2.00 e. The van der Waals surface area contributed by atoms with Crippen LogP contribution in [0.25, 0.3) is 89.7 Å². The predicted octanol–water partition coefficient (Wildman–Crippen LogP) is 13.6. The van der Waals surface area contributed by atoms with E-state index < -0.39 is 0 Å². The summed E-state index contributed by atoms with van der Waals surface area (Å²) in [7, 11) is 15.9. The van der Waals surface area contributed by atoms with Crippen molar-refractivity contribution in [2.24, 2.45) is 0 Å². The smallest absolute Gasteiger partial charge is 0.453 e. The number of aromatic nitrogens is 8. The molecule has 13 rings (SSSR count). The van der Waals surface area contributed by atoms with Crippen LogP contribution in [0, 0.1) is 0 Å². The topological polar surface area (TPSA) is 155 Å². The minimum Gasteiger partial charge on any atom is -0.453 e. The van der Waals surface area contributed by atoms with Gasteiger partial charge >= 0.3 is 19.5 Å². The fraction of sp³-hybridized carbons (Fsp3) is 0.125. The molecule has 16 nitrogen and oxygen atoms in total. The fourth-order valence-corrected chi connectivity index (χ4v) is 9.70. The average Bonchev–Trinajstić information content (AvgIpc) is 4.39. The molecular weight excluding hydrogens is 1070 g/mol. The minimum absolute atomic E-state index is 0. The summed E-state index contributed by atoms with van der Waals surface area (Å²) in [6, 6.07) is 54.9.